The average Bonchev–Trinajstić information content (AvgIpc) is 3.03. The number of hydrogen-bond donors (Lipinski definition) is 1. The van der Waals surface area contributed by atoms with Crippen molar-refractivity contribution >= 4 is 11.7 Å². The molecule has 6 nitrogen and oxygen atoms in total. The lowest BCUT2D eigenvalue weighted by atomic mass is 10.1. The number of nitrogens with zero attached hydrogens (tertiary/aromatic N) is 4. The van der Waals surface area contributed by atoms with Crippen molar-refractivity contribution in [2.45, 2.75) is 20.4 Å². The predicted molar refractivity (Wildman–Crippen MR) is 89.0 cm³/mol. The summed E-state index contributed by atoms with van der Waals surface area (Å²) in [6.07, 6.45) is 1.79. The quantitative estimate of drug-likeness (QED) is 0.805. The van der Waals surface area contributed by atoms with Gasteiger partial charge in [0.2, 0.25) is 5.91 Å². The molecule has 118 valence electrons. The van der Waals surface area contributed by atoms with Gasteiger partial charge in [-0.25, -0.2) is 0 Å². The molecule has 3 rings (SSSR count). The molecule has 0 saturated heterocycles. The van der Waals surface area contributed by atoms with Gasteiger partial charge in [0.05, 0.1) is 11.4 Å². The molecule has 0 atom stereocenters. The van der Waals surface area contributed by atoms with E-state index in [0.29, 0.717) is 5.82 Å². The van der Waals surface area contributed by atoms with Gasteiger partial charge in [-0.3, -0.25) is 14.2 Å². The molecule has 1 N–H and O–H groups in total. The number of carbonyl (C=O) groups is 1. The van der Waals surface area contributed by atoms with Crippen LogP contribution < -0.4 is 5.32 Å². The molecule has 0 aliphatic rings. The lowest BCUT2D eigenvalue weighted by Gasteiger charge is -2.09. The Bertz CT molecular complexity index is 832. The second kappa shape index (κ2) is 6.08. The highest BCUT2D eigenvalue weighted by atomic mass is 16.2. The first-order valence-corrected chi connectivity index (χ1v) is 7.43. The molecule has 0 fully saturated rings. The van der Waals surface area contributed by atoms with E-state index in [1.54, 1.807) is 15.6 Å². The Balaban J connectivity index is 1.87. The predicted octanol–water partition coefficient (Wildman–Crippen LogP) is 2.54. The van der Waals surface area contributed by atoms with Crippen LogP contribution in [0.4, 0.5) is 5.82 Å². The Morgan fingerprint density at radius 2 is 1.87 bits per heavy atom. The van der Waals surface area contributed by atoms with E-state index in [4.69, 9.17) is 0 Å². The first-order valence-electron chi connectivity index (χ1n) is 7.43. The van der Waals surface area contributed by atoms with E-state index in [0.717, 1.165) is 22.5 Å². The molecular weight excluding hydrogens is 290 g/mol. The maximum atomic E-state index is 12.3. The zero-order valence-electron chi connectivity index (χ0n) is 13.4. The molecule has 2 aromatic heterocycles. The molecule has 0 unspecified atom stereocenters. The first kappa shape index (κ1) is 15.0. The zero-order chi connectivity index (χ0) is 16.4. The van der Waals surface area contributed by atoms with E-state index in [-0.39, 0.29) is 12.5 Å². The maximum absolute atomic E-state index is 12.3. The van der Waals surface area contributed by atoms with Crippen LogP contribution in [0.3, 0.4) is 0 Å². The monoisotopic (exact) mass is 309 g/mol. The SMILES string of the molecule is Cc1ccn(CC(=O)Nc2c(-c3ccccc3)c(C)nn2C)n1. The van der Waals surface area contributed by atoms with Crippen LogP contribution in [0.1, 0.15) is 11.4 Å². The zero-order valence-corrected chi connectivity index (χ0v) is 13.4. The lowest BCUT2D eigenvalue weighted by Crippen LogP contribution is -2.21. The minimum Gasteiger partial charge on any atom is -0.309 e. The van der Waals surface area contributed by atoms with Crippen molar-refractivity contribution in [3.63, 3.8) is 0 Å². The van der Waals surface area contributed by atoms with Crippen molar-refractivity contribution in [3.8, 4) is 11.1 Å². The Kier molecular flexibility index (Phi) is 3.97. The van der Waals surface area contributed by atoms with Gasteiger partial charge in [-0.15, -0.1) is 0 Å². The van der Waals surface area contributed by atoms with E-state index >= 15 is 0 Å². The molecule has 0 aliphatic heterocycles. The van der Waals surface area contributed by atoms with Crippen LogP contribution in [0.5, 0.6) is 0 Å². The molecule has 1 aromatic carbocycles. The number of amides is 1. The molecule has 6 heteroatoms. The van der Waals surface area contributed by atoms with Gasteiger partial charge in [-0.05, 0) is 25.5 Å². The third-order valence-corrected chi connectivity index (χ3v) is 3.62. The van der Waals surface area contributed by atoms with Crippen molar-refractivity contribution in [2.24, 2.45) is 7.05 Å². The molecule has 0 bridgehead atoms. The molecule has 0 spiro atoms. The Labute approximate surface area is 134 Å². The number of benzene rings is 1. The Morgan fingerprint density at radius 3 is 2.52 bits per heavy atom. The van der Waals surface area contributed by atoms with Crippen LogP contribution in [-0.4, -0.2) is 25.5 Å². The van der Waals surface area contributed by atoms with Crippen molar-refractivity contribution in [1.82, 2.24) is 19.6 Å². The number of rotatable bonds is 4. The Hall–Kier alpha value is -2.89. The fraction of sp³-hybridized carbons (Fsp3) is 0.235. The van der Waals surface area contributed by atoms with Gasteiger partial charge in [0.1, 0.15) is 12.4 Å². The van der Waals surface area contributed by atoms with Gasteiger partial charge in [0, 0.05) is 18.8 Å². The number of anilines is 1. The maximum Gasteiger partial charge on any atom is 0.247 e. The minimum absolute atomic E-state index is 0.131. The highest BCUT2D eigenvalue weighted by Crippen LogP contribution is 2.30. The molecule has 0 aliphatic carbocycles. The van der Waals surface area contributed by atoms with Gasteiger partial charge >= 0.3 is 0 Å². The fourth-order valence-corrected chi connectivity index (χ4v) is 2.62. The number of nitrogens with one attached hydrogen (secondary N) is 1. The van der Waals surface area contributed by atoms with Gasteiger partial charge in [0.25, 0.3) is 0 Å². The summed E-state index contributed by atoms with van der Waals surface area (Å²) < 4.78 is 3.32. The minimum atomic E-state index is -0.131. The topological polar surface area (TPSA) is 64.7 Å². The van der Waals surface area contributed by atoms with Crippen molar-refractivity contribution in [3.05, 3.63) is 54.0 Å². The van der Waals surface area contributed by atoms with Gasteiger partial charge in [-0.1, -0.05) is 30.3 Å². The molecule has 2 heterocycles. The summed E-state index contributed by atoms with van der Waals surface area (Å²) in [6.45, 7) is 4.01. The van der Waals surface area contributed by atoms with Crippen molar-refractivity contribution in [2.75, 3.05) is 5.32 Å². The molecule has 1 amide bonds. The van der Waals surface area contributed by atoms with Crippen molar-refractivity contribution < 1.29 is 4.79 Å². The van der Waals surface area contributed by atoms with Gasteiger partial charge in [0.15, 0.2) is 0 Å². The largest absolute Gasteiger partial charge is 0.309 e. The van der Waals surface area contributed by atoms with Crippen LogP contribution in [0.25, 0.3) is 11.1 Å². The van der Waals surface area contributed by atoms with Gasteiger partial charge in [-0.2, -0.15) is 10.2 Å². The van der Waals surface area contributed by atoms with E-state index in [1.165, 1.54) is 0 Å². The summed E-state index contributed by atoms with van der Waals surface area (Å²) >= 11 is 0. The second-order valence-corrected chi connectivity index (χ2v) is 5.50. The van der Waals surface area contributed by atoms with Crippen LogP contribution in [-0.2, 0) is 18.4 Å². The number of hydrogen-bond acceptors (Lipinski definition) is 3. The van der Waals surface area contributed by atoms with E-state index in [9.17, 15) is 4.79 Å². The summed E-state index contributed by atoms with van der Waals surface area (Å²) in [5, 5.41) is 11.6. The first-order chi connectivity index (χ1) is 11.0. The second-order valence-electron chi connectivity index (χ2n) is 5.50. The summed E-state index contributed by atoms with van der Waals surface area (Å²) in [5.41, 5.74) is 3.74. The highest BCUT2D eigenvalue weighted by Gasteiger charge is 2.17. The van der Waals surface area contributed by atoms with E-state index in [2.05, 4.69) is 15.5 Å². The third kappa shape index (κ3) is 3.15. The number of aryl methyl sites for hydroxylation is 3. The highest BCUT2D eigenvalue weighted by molar-refractivity contribution is 5.94. The average molecular weight is 309 g/mol. The van der Waals surface area contributed by atoms with Gasteiger partial charge < -0.3 is 5.32 Å². The van der Waals surface area contributed by atoms with Crippen LogP contribution in [0, 0.1) is 13.8 Å². The Morgan fingerprint density at radius 1 is 1.13 bits per heavy atom. The normalized spacial score (nSPS) is 10.7. The summed E-state index contributed by atoms with van der Waals surface area (Å²) in [4.78, 5) is 12.3. The van der Waals surface area contributed by atoms with E-state index < -0.39 is 0 Å². The fourth-order valence-electron chi connectivity index (χ4n) is 2.62. The molecule has 0 radical (unpaired) electrons. The van der Waals surface area contributed by atoms with Crippen LogP contribution >= 0.6 is 0 Å². The molecule has 0 saturated carbocycles. The summed E-state index contributed by atoms with van der Waals surface area (Å²) in [7, 11) is 1.83. The number of carbonyl (C=O) groups excluding carboxylic acids is 1. The van der Waals surface area contributed by atoms with Crippen LogP contribution in [0.2, 0.25) is 0 Å². The van der Waals surface area contributed by atoms with E-state index in [1.807, 2.05) is 57.3 Å². The summed E-state index contributed by atoms with van der Waals surface area (Å²) in [6, 6.07) is 11.8. The molecular formula is C17H19N5O. The van der Waals surface area contributed by atoms with Crippen molar-refractivity contribution in [1.29, 1.82) is 0 Å². The molecule has 3 aromatic rings. The standard InChI is InChI=1S/C17H19N5O/c1-12-9-10-22(19-12)11-15(23)18-17-16(13(2)20-21(17)3)14-7-5-4-6-8-14/h4-10H,11H2,1-3H3,(H,18,23). The smallest absolute Gasteiger partial charge is 0.247 e. The molecule has 23 heavy (non-hydrogen) atoms. The summed E-state index contributed by atoms with van der Waals surface area (Å²) in [5.74, 6) is 0.566. The lowest BCUT2D eigenvalue weighted by molar-refractivity contribution is -0.116. The number of aromatic nitrogens is 4. The third-order valence-electron chi connectivity index (χ3n) is 3.62. The van der Waals surface area contributed by atoms with Crippen LogP contribution in [0.15, 0.2) is 42.6 Å².